The lowest BCUT2D eigenvalue weighted by atomic mass is 9.83. The lowest BCUT2D eigenvalue weighted by Gasteiger charge is -2.23. The van der Waals surface area contributed by atoms with Gasteiger partial charge in [-0.2, -0.15) is 5.10 Å². The van der Waals surface area contributed by atoms with Crippen LogP contribution in [0.3, 0.4) is 0 Å². The fourth-order valence-corrected chi connectivity index (χ4v) is 2.93. The first-order chi connectivity index (χ1) is 10.2. The smallest absolute Gasteiger partial charge is 0.229 e. The Hall–Kier alpha value is -2.14. The van der Waals surface area contributed by atoms with E-state index in [1.165, 1.54) is 11.1 Å². The first-order valence-electron chi connectivity index (χ1n) is 7.27. The van der Waals surface area contributed by atoms with Crippen LogP contribution in [-0.4, -0.2) is 15.7 Å². The summed E-state index contributed by atoms with van der Waals surface area (Å²) in [5.74, 6) is 0.634. The summed E-state index contributed by atoms with van der Waals surface area (Å²) < 4.78 is 1.67. The number of nitrogens with zero attached hydrogens (tertiary/aromatic N) is 2. The SMILES string of the molecule is Cn1cc(CN)c(NC(=O)C2CCc3ccccc3C2)n1. The van der Waals surface area contributed by atoms with Crippen LogP contribution in [0.5, 0.6) is 0 Å². The van der Waals surface area contributed by atoms with Crippen LogP contribution < -0.4 is 11.1 Å². The number of fused-ring (bicyclic) bond motifs is 1. The first-order valence-corrected chi connectivity index (χ1v) is 7.27. The number of hydrogen-bond acceptors (Lipinski definition) is 3. The van der Waals surface area contributed by atoms with Gasteiger partial charge in [0.1, 0.15) is 0 Å². The van der Waals surface area contributed by atoms with E-state index < -0.39 is 0 Å². The predicted molar refractivity (Wildman–Crippen MR) is 81.7 cm³/mol. The van der Waals surface area contributed by atoms with E-state index in [0.29, 0.717) is 12.4 Å². The van der Waals surface area contributed by atoms with Crippen LogP contribution in [0.4, 0.5) is 5.82 Å². The Labute approximate surface area is 124 Å². The molecule has 110 valence electrons. The minimum atomic E-state index is 0.00697. The second-order valence-corrected chi connectivity index (χ2v) is 5.58. The highest BCUT2D eigenvalue weighted by atomic mass is 16.2. The van der Waals surface area contributed by atoms with Crippen molar-refractivity contribution < 1.29 is 4.79 Å². The number of aryl methyl sites for hydroxylation is 2. The topological polar surface area (TPSA) is 72.9 Å². The number of anilines is 1. The molecule has 21 heavy (non-hydrogen) atoms. The van der Waals surface area contributed by atoms with Crippen molar-refractivity contribution in [3.05, 3.63) is 47.2 Å². The molecule has 1 aliphatic carbocycles. The molecule has 1 unspecified atom stereocenters. The molecule has 1 atom stereocenters. The monoisotopic (exact) mass is 284 g/mol. The van der Waals surface area contributed by atoms with Gasteiger partial charge in [0.25, 0.3) is 0 Å². The van der Waals surface area contributed by atoms with Gasteiger partial charge in [-0.15, -0.1) is 0 Å². The molecule has 5 heteroatoms. The van der Waals surface area contributed by atoms with Crippen molar-refractivity contribution in [1.29, 1.82) is 0 Å². The number of carbonyl (C=O) groups is 1. The van der Waals surface area contributed by atoms with Crippen molar-refractivity contribution in [3.63, 3.8) is 0 Å². The van der Waals surface area contributed by atoms with Gasteiger partial charge in [-0.3, -0.25) is 9.48 Å². The van der Waals surface area contributed by atoms with E-state index >= 15 is 0 Å². The van der Waals surface area contributed by atoms with Crippen LogP contribution in [-0.2, 0) is 31.2 Å². The molecule has 3 N–H and O–H groups in total. The summed E-state index contributed by atoms with van der Waals surface area (Å²) >= 11 is 0. The molecule has 0 saturated carbocycles. The summed E-state index contributed by atoms with van der Waals surface area (Å²) in [6.07, 6.45) is 4.48. The number of hydrogen-bond donors (Lipinski definition) is 2. The average Bonchev–Trinajstić information content (AvgIpc) is 2.86. The molecule has 0 saturated heterocycles. The Bertz CT molecular complexity index is 662. The Kier molecular flexibility index (Phi) is 3.75. The van der Waals surface area contributed by atoms with Gasteiger partial charge >= 0.3 is 0 Å². The summed E-state index contributed by atoms with van der Waals surface area (Å²) in [4.78, 5) is 12.5. The summed E-state index contributed by atoms with van der Waals surface area (Å²) in [7, 11) is 1.83. The molecule has 1 amide bonds. The van der Waals surface area contributed by atoms with Crippen molar-refractivity contribution in [2.75, 3.05) is 5.32 Å². The molecule has 0 aliphatic heterocycles. The van der Waals surface area contributed by atoms with E-state index in [-0.39, 0.29) is 11.8 Å². The number of carbonyl (C=O) groups excluding carboxylic acids is 1. The average molecular weight is 284 g/mol. The largest absolute Gasteiger partial charge is 0.326 e. The molecule has 5 nitrogen and oxygen atoms in total. The number of nitrogens with two attached hydrogens (primary N) is 1. The van der Waals surface area contributed by atoms with Gasteiger partial charge in [0.05, 0.1) is 0 Å². The maximum absolute atomic E-state index is 12.5. The molecule has 0 spiro atoms. The van der Waals surface area contributed by atoms with Gasteiger partial charge in [0.15, 0.2) is 5.82 Å². The molecular formula is C16H20N4O. The normalized spacial score (nSPS) is 17.3. The number of nitrogens with one attached hydrogen (secondary N) is 1. The minimum Gasteiger partial charge on any atom is -0.326 e. The second-order valence-electron chi connectivity index (χ2n) is 5.58. The number of aromatic nitrogens is 2. The predicted octanol–water partition coefficient (Wildman–Crippen LogP) is 1.62. The number of rotatable bonds is 3. The van der Waals surface area contributed by atoms with Crippen molar-refractivity contribution in [2.45, 2.75) is 25.8 Å². The molecule has 1 aliphatic rings. The van der Waals surface area contributed by atoms with Crippen LogP contribution in [0.1, 0.15) is 23.1 Å². The van der Waals surface area contributed by atoms with Crippen molar-refractivity contribution in [2.24, 2.45) is 18.7 Å². The first kappa shape index (κ1) is 13.8. The van der Waals surface area contributed by atoms with Crippen LogP contribution in [0.25, 0.3) is 0 Å². The van der Waals surface area contributed by atoms with Gasteiger partial charge in [0.2, 0.25) is 5.91 Å². The fraction of sp³-hybridized carbons (Fsp3) is 0.375. The van der Waals surface area contributed by atoms with Gasteiger partial charge in [0, 0.05) is 31.3 Å². The molecule has 0 bridgehead atoms. The standard InChI is InChI=1S/C16H20N4O/c1-20-10-14(9-17)15(19-20)18-16(21)13-7-6-11-4-2-3-5-12(11)8-13/h2-5,10,13H,6-9,17H2,1H3,(H,18,19,21). The molecule has 2 aromatic rings. The van der Waals surface area contributed by atoms with E-state index in [9.17, 15) is 4.79 Å². The molecule has 0 fully saturated rings. The maximum Gasteiger partial charge on any atom is 0.229 e. The van der Waals surface area contributed by atoms with E-state index in [1.807, 2.05) is 19.3 Å². The fourth-order valence-electron chi connectivity index (χ4n) is 2.93. The Morgan fingerprint density at radius 2 is 2.19 bits per heavy atom. The molecular weight excluding hydrogens is 264 g/mol. The van der Waals surface area contributed by atoms with Crippen molar-refractivity contribution in [3.8, 4) is 0 Å². The highest BCUT2D eigenvalue weighted by molar-refractivity contribution is 5.92. The summed E-state index contributed by atoms with van der Waals surface area (Å²) in [6, 6.07) is 8.35. The summed E-state index contributed by atoms with van der Waals surface area (Å²) in [5.41, 5.74) is 9.18. The van der Waals surface area contributed by atoms with Gasteiger partial charge < -0.3 is 11.1 Å². The zero-order chi connectivity index (χ0) is 14.8. The quantitative estimate of drug-likeness (QED) is 0.899. The van der Waals surface area contributed by atoms with E-state index in [2.05, 4.69) is 28.6 Å². The van der Waals surface area contributed by atoms with E-state index in [1.54, 1.807) is 4.68 Å². The van der Waals surface area contributed by atoms with E-state index in [0.717, 1.165) is 24.8 Å². The van der Waals surface area contributed by atoms with Crippen LogP contribution in [0.2, 0.25) is 0 Å². The zero-order valence-corrected chi connectivity index (χ0v) is 12.2. The molecule has 1 aromatic carbocycles. The van der Waals surface area contributed by atoms with Crippen LogP contribution in [0, 0.1) is 5.92 Å². The third-order valence-corrected chi connectivity index (χ3v) is 4.08. The summed E-state index contributed by atoms with van der Waals surface area (Å²) in [6.45, 7) is 0.372. The summed E-state index contributed by atoms with van der Waals surface area (Å²) in [5, 5.41) is 7.20. The van der Waals surface area contributed by atoms with Gasteiger partial charge in [-0.25, -0.2) is 0 Å². The highest BCUT2D eigenvalue weighted by Crippen LogP contribution is 2.26. The number of amides is 1. The van der Waals surface area contributed by atoms with Gasteiger partial charge in [-0.05, 0) is 30.4 Å². The number of benzene rings is 1. The Morgan fingerprint density at radius 3 is 2.95 bits per heavy atom. The highest BCUT2D eigenvalue weighted by Gasteiger charge is 2.25. The van der Waals surface area contributed by atoms with Crippen LogP contribution >= 0.6 is 0 Å². The van der Waals surface area contributed by atoms with Gasteiger partial charge in [-0.1, -0.05) is 24.3 Å². The molecule has 1 heterocycles. The minimum absolute atomic E-state index is 0.00697. The Morgan fingerprint density at radius 1 is 1.43 bits per heavy atom. The lowest BCUT2D eigenvalue weighted by molar-refractivity contribution is -0.120. The second kappa shape index (κ2) is 5.69. The third kappa shape index (κ3) is 2.83. The Balaban J connectivity index is 1.72. The van der Waals surface area contributed by atoms with Crippen LogP contribution in [0.15, 0.2) is 30.5 Å². The van der Waals surface area contributed by atoms with E-state index in [4.69, 9.17) is 5.73 Å². The lowest BCUT2D eigenvalue weighted by Crippen LogP contribution is -2.28. The molecule has 3 rings (SSSR count). The van der Waals surface area contributed by atoms with Crippen molar-refractivity contribution >= 4 is 11.7 Å². The molecule has 1 aromatic heterocycles. The molecule has 0 radical (unpaired) electrons. The maximum atomic E-state index is 12.5. The zero-order valence-electron chi connectivity index (χ0n) is 12.2. The van der Waals surface area contributed by atoms with Crippen molar-refractivity contribution in [1.82, 2.24) is 9.78 Å². The third-order valence-electron chi connectivity index (χ3n) is 4.08.